The maximum Gasteiger partial charge on any atom is 0.344 e. The van der Waals surface area contributed by atoms with Gasteiger partial charge in [-0.25, -0.2) is 14.5 Å². The molecule has 8 nitrogen and oxygen atoms in total. The SMILES string of the molecule is CCOc1cc(C=Nn2cc(C)nc2N)ccc1OCC(=O)OC(C)C. The molecule has 2 aromatic rings. The smallest absolute Gasteiger partial charge is 0.344 e. The maximum atomic E-state index is 11.6. The molecule has 0 fully saturated rings. The van der Waals surface area contributed by atoms with E-state index in [1.54, 1.807) is 44.5 Å². The minimum Gasteiger partial charge on any atom is -0.490 e. The van der Waals surface area contributed by atoms with Gasteiger partial charge in [-0.1, -0.05) is 0 Å². The number of carbonyl (C=O) groups is 1. The summed E-state index contributed by atoms with van der Waals surface area (Å²) in [6.45, 7) is 7.55. The van der Waals surface area contributed by atoms with Crippen LogP contribution in [-0.2, 0) is 9.53 Å². The molecule has 0 atom stereocenters. The summed E-state index contributed by atoms with van der Waals surface area (Å²) in [5.74, 6) is 0.859. The van der Waals surface area contributed by atoms with Crippen LogP contribution < -0.4 is 15.2 Å². The first-order valence-corrected chi connectivity index (χ1v) is 8.34. The second-order valence-corrected chi connectivity index (χ2v) is 5.80. The lowest BCUT2D eigenvalue weighted by Gasteiger charge is -2.13. The number of nitrogen functional groups attached to an aromatic ring is 1. The van der Waals surface area contributed by atoms with E-state index in [9.17, 15) is 4.79 Å². The van der Waals surface area contributed by atoms with E-state index < -0.39 is 5.97 Å². The summed E-state index contributed by atoms with van der Waals surface area (Å²) in [5, 5.41) is 4.27. The molecule has 26 heavy (non-hydrogen) atoms. The number of benzene rings is 1. The molecule has 1 aromatic heterocycles. The van der Waals surface area contributed by atoms with Gasteiger partial charge in [0, 0.05) is 0 Å². The Balaban J connectivity index is 2.12. The van der Waals surface area contributed by atoms with Gasteiger partial charge in [0.25, 0.3) is 0 Å². The summed E-state index contributed by atoms with van der Waals surface area (Å²) in [6, 6.07) is 5.29. The average molecular weight is 360 g/mol. The van der Waals surface area contributed by atoms with E-state index >= 15 is 0 Å². The lowest BCUT2D eigenvalue weighted by molar-refractivity contribution is -0.149. The molecule has 2 rings (SSSR count). The molecule has 0 aliphatic rings. The van der Waals surface area contributed by atoms with Crippen LogP contribution in [0.4, 0.5) is 5.95 Å². The highest BCUT2D eigenvalue weighted by molar-refractivity contribution is 5.81. The molecule has 140 valence electrons. The number of aromatic nitrogens is 2. The minimum absolute atomic E-state index is 0.184. The predicted molar refractivity (Wildman–Crippen MR) is 98.7 cm³/mol. The zero-order chi connectivity index (χ0) is 19.1. The predicted octanol–water partition coefficient (Wildman–Crippen LogP) is 2.39. The highest BCUT2D eigenvalue weighted by Crippen LogP contribution is 2.28. The van der Waals surface area contributed by atoms with Crippen molar-refractivity contribution in [1.82, 2.24) is 9.66 Å². The molecule has 0 radical (unpaired) electrons. The van der Waals surface area contributed by atoms with E-state index in [1.807, 2.05) is 13.8 Å². The number of aryl methyl sites for hydroxylation is 1. The third-order valence-corrected chi connectivity index (χ3v) is 3.15. The third kappa shape index (κ3) is 5.51. The van der Waals surface area contributed by atoms with E-state index in [-0.39, 0.29) is 12.7 Å². The normalized spacial score (nSPS) is 11.1. The Kier molecular flexibility index (Phi) is 6.60. The number of ether oxygens (including phenoxy) is 3. The Morgan fingerprint density at radius 1 is 1.35 bits per heavy atom. The Morgan fingerprint density at radius 3 is 2.73 bits per heavy atom. The van der Waals surface area contributed by atoms with Crippen molar-refractivity contribution in [1.29, 1.82) is 0 Å². The van der Waals surface area contributed by atoms with Crippen molar-refractivity contribution in [3.05, 3.63) is 35.7 Å². The van der Waals surface area contributed by atoms with Gasteiger partial charge < -0.3 is 19.9 Å². The van der Waals surface area contributed by atoms with Gasteiger partial charge in [0.05, 0.1) is 30.8 Å². The fraction of sp³-hybridized carbons (Fsp3) is 0.389. The number of hydrogen-bond donors (Lipinski definition) is 1. The molecule has 8 heteroatoms. The molecule has 0 saturated carbocycles. The Bertz CT molecular complexity index is 783. The number of nitrogens with zero attached hydrogens (tertiary/aromatic N) is 3. The van der Waals surface area contributed by atoms with Crippen LogP contribution in [-0.4, -0.2) is 41.2 Å². The minimum atomic E-state index is -0.431. The average Bonchev–Trinajstić information content (AvgIpc) is 2.89. The maximum absolute atomic E-state index is 11.6. The van der Waals surface area contributed by atoms with Crippen LogP contribution in [0.15, 0.2) is 29.5 Å². The van der Waals surface area contributed by atoms with Crippen LogP contribution >= 0.6 is 0 Å². The van der Waals surface area contributed by atoms with Crippen molar-refractivity contribution < 1.29 is 19.0 Å². The fourth-order valence-electron chi connectivity index (χ4n) is 2.15. The van der Waals surface area contributed by atoms with Gasteiger partial charge in [-0.05, 0) is 51.5 Å². The molecule has 0 saturated heterocycles. The molecule has 1 heterocycles. The van der Waals surface area contributed by atoms with Gasteiger partial charge in [0.1, 0.15) is 0 Å². The summed E-state index contributed by atoms with van der Waals surface area (Å²) in [6.07, 6.45) is 3.18. The van der Waals surface area contributed by atoms with E-state index in [0.29, 0.717) is 24.1 Å². The number of rotatable bonds is 8. The molecule has 0 spiro atoms. The summed E-state index contributed by atoms with van der Waals surface area (Å²) < 4.78 is 17.6. The lowest BCUT2D eigenvalue weighted by atomic mass is 10.2. The first kappa shape index (κ1) is 19.3. The van der Waals surface area contributed by atoms with Crippen LogP contribution in [0.1, 0.15) is 32.0 Å². The Hall–Kier alpha value is -3.03. The van der Waals surface area contributed by atoms with Crippen LogP contribution in [0.5, 0.6) is 11.5 Å². The summed E-state index contributed by atoms with van der Waals surface area (Å²) in [7, 11) is 0. The standard InChI is InChI=1S/C18H24N4O4/c1-5-24-16-8-14(9-20-22-10-13(4)21-18(22)19)6-7-15(16)25-11-17(23)26-12(2)3/h6-10,12H,5,11H2,1-4H3,(H2,19,21). The van der Waals surface area contributed by atoms with Crippen LogP contribution in [0.3, 0.4) is 0 Å². The molecule has 2 N–H and O–H groups in total. The molecule has 0 aliphatic heterocycles. The molecule has 0 amide bonds. The van der Waals surface area contributed by atoms with Gasteiger partial charge in [-0.15, -0.1) is 0 Å². The summed E-state index contributed by atoms with van der Waals surface area (Å²) in [4.78, 5) is 15.7. The van der Waals surface area contributed by atoms with Crippen molar-refractivity contribution in [3.8, 4) is 11.5 Å². The highest BCUT2D eigenvalue weighted by atomic mass is 16.6. The second kappa shape index (κ2) is 8.89. The van der Waals surface area contributed by atoms with Crippen molar-refractivity contribution in [2.45, 2.75) is 33.8 Å². The molecular weight excluding hydrogens is 336 g/mol. The van der Waals surface area contributed by atoms with Crippen molar-refractivity contribution in [3.63, 3.8) is 0 Å². The van der Waals surface area contributed by atoms with Crippen LogP contribution in [0, 0.1) is 6.92 Å². The van der Waals surface area contributed by atoms with Gasteiger partial charge in [0.2, 0.25) is 5.95 Å². The number of anilines is 1. The first-order valence-electron chi connectivity index (χ1n) is 8.34. The van der Waals surface area contributed by atoms with Crippen LogP contribution in [0.25, 0.3) is 0 Å². The third-order valence-electron chi connectivity index (χ3n) is 3.15. The zero-order valence-electron chi connectivity index (χ0n) is 15.4. The molecule has 0 unspecified atom stereocenters. The largest absolute Gasteiger partial charge is 0.490 e. The quantitative estimate of drug-likeness (QED) is 0.573. The zero-order valence-corrected chi connectivity index (χ0v) is 15.4. The van der Waals surface area contributed by atoms with Crippen molar-refractivity contribution >= 4 is 18.1 Å². The van der Waals surface area contributed by atoms with Gasteiger partial charge in [-0.3, -0.25) is 0 Å². The number of carbonyl (C=O) groups excluding carboxylic acids is 1. The lowest BCUT2D eigenvalue weighted by Crippen LogP contribution is -2.19. The van der Waals surface area contributed by atoms with Gasteiger partial charge >= 0.3 is 5.97 Å². The molecule has 1 aromatic carbocycles. The molecule has 0 bridgehead atoms. The number of nitrogens with two attached hydrogens (primary N) is 1. The summed E-state index contributed by atoms with van der Waals surface area (Å²) in [5.41, 5.74) is 7.33. The monoisotopic (exact) mass is 360 g/mol. The van der Waals surface area contributed by atoms with Crippen molar-refractivity contribution in [2.75, 3.05) is 18.9 Å². The van der Waals surface area contributed by atoms with Gasteiger partial charge in [0.15, 0.2) is 18.1 Å². The number of imidazole rings is 1. The summed E-state index contributed by atoms with van der Waals surface area (Å²) >= 11 is 0. The fourth-order valence-corrected chi connectivity index (χ4v) is 2.15. The van der Waals surface area contributed by atoms with Gasteiger partial charge in [-0.2, -0.15) is 5.10 Å². The molecule has 0 aliphatic carbocycles. The highest BCUT2D eigenvalue weighted by Gasteiger charge is 2.11. The molecular formula is C18H24N4O4. The first-order chi connectivity index (χ1) is 12.4. The number of esters is 1. The van der Waals surface area contributed by atoms with E-state index in [1.165, 1.54) is 4.68 Å². The van der Waals surface area contributed by atoms with E-state index in [0.717, 1.165) is 11.3 Å². The second-order valence-electron chi connectivity index (χ2n) is 5.80. The Labute approximate surface area is 152 Å². The number of hydrogen-bond acceptors (Lipinski definition) is 7. The van der Waals surface area contributed by atoms with E-state index in [4.69, 9.17) is 19.9 Å². The van der Waals surface area contributed by atoms with E-state index in [2.05, 4.69) is 10.1 Å². The Morgan fingerprint density at radius 2 is 2.12 bits per heavy atom. The van der Waals surface area contributed by atoms with Crippen LogP contribution in [0.2, 0.25) is 0 Å². The topological polar surface area (TPSA) is 101 Å². The van der Waals surface area contributed by atoms with Crippen molar-refractivity contribution in [2.24, 2.45) is 5.10 Å².